The number of hydrogen-bond donors (Lipinski definition) is 1. The molecule has 3 aromatic rings. The number of aryl methyl sites for hydroxylation is 1. The quantitative estimate of drug-likeness (QED) is 0.524. The van der Waals surface area contributed by atoms with E-state index in [2.05, 4.69) is 20.6 Å². The van der Waals surface area contributed by atoms with Gasteiger partial charge in [0.25, 0.3) is 5.91 Å². The van der Waals surface area contributed by atoms with E-state index < -0.39 is 17.6 Å². The first kappa shape index (κ1) is 19.6. The molecule has 10 heteroatoms. The van der Waals surface area contributed by atoms with Gasteiger partial charge in [-0.25, -0.2) is 10.1 Å². The zero-order valence-electron chi connectivity index (χ0n) is 14.4. The lowest BCUT2D eigenvalue weighted by Crippen LogP contribution is -2.17. The van der Waals surface area contributed by atoms with Gasteiger partial charge in [-0.1, -0.05) is 17.7 Å². The fourth-order valence-electron chi connectivity index (χ4n) is 2.37. The zero-order valence-corrected chi connectivity index (χ0v) is 15.2. The first-order valence-electron chi connectivity index (χ1n) is 7.93. The number of benzene rings is 1. The number of nitrogens with one attached hydrogen (secondary N) is 1. The lowest BCUT2D eigenvalue weighted by atomic mass is 10.2. The van der Waals surface area contributed by atoms with E-state index in [1.807, 2.05) is 0 Å². The SMILES string of the molecule is Cc1nn(-c2cccc(C(F)(F)F)c2)c(Cl)c1C=NNC(=O)c1ccncc1. The maximum atomic E-state index is 12.9. The maximum absolute atomic E-state index is 12.9. The molecule has 2 heterocycles. The molecular weight excluding hydrogens is 395 g/mol. The third-order valence-corrected chi connectivity index (χ3v) is 4.13. The molecule has 0 aliphatic heterocycles. The fraction of sp³-hybridized carbons (Fsp3) is 0.111. The molecular formula is C18H13ClF3N5O. The minimum Gasteiger partial charge on any atom is -0.267 e. The number of rotatable bonds is 4. The molecule has 0 saturated carbocycles. The van der Waals surface area contributed by atoms with Crippen molar-refractivity contribution in [2.45, 2.75) is 13.1 Å². The van der Waals surface area contributed by atoms with Crippen LogP contribution >= 0.6 is 11.6 Å². The summed E-state index contributed by atoms with van der Waals surface area (Å²) in [6.07, 6.45) is -0.252. The number of amides is 1. The summed E-state index contributed by atoms with van der Waals surface area (Å²) in [5, 5.41) is 8.07. The van der Waals surface area contributed by atoms with Crippen LogP contribution in [0.5, 0.6) is 0 Å². The summed E-state index contributed by atoms with van der Waals surface area (Å²) in [5.74, 6) is -0.447. The number of carbonyl (C=O) groups is 1. The number of halogens is 4. The maximum Gasteiger partial charge on any atom is 0.416 e. The van der Waals surface area contributed by atoms with Crippen LogP contribution in [0, 0.1) is 6.92 Å². The van der Waals surface area contributed by atoms with Crippen molar-refractivity contribution in [3.05, 3.63) is 76.3 Å². The molecule has 144 valence electrons. The van der Waals surface area contributed by atoms with Crippen LogP contribution < -0.4 is 5.43 Å². The Morgan fingerprint density at radius 2 is 1.96 bits per heavy atom. The standard InChI is InChI=1S/C18H13ClF3N5O/c1-11-15(10-24-25-17(28)12-5-7-23-8-6-12)16(19)27(26-11)14-4-2-3-13(9-14)18(20,21)22/h2-10H,1H3,(H,25,28). The molecule has 0 radical (unpaired) electrons. The lowest BCUT2D eigenvalue weighted by molar-refractivity contribution is -0.137. The van der Waals surface area contributed by atoms with Gasteiger partial charge in [0.15, 0.2) is 0 Å². The first-order valence-corrected chi connectivity index (χ1v) is 8.31. The molecule has 6 nitrogen and oxygen atoms in total. The third kappa shape index (κ3) is 4.20. The van der Waals surface area contributed by atoms with Crippen LogP contribution in [0.4, 0.5) is 13.2 Å². The minimum atomic E-state index is -4.48. The number of hydrogen-bond acceptors (Lipinski definition) is 4. The Labute approximate surface area is 162 Å². The predicted molar refractivity (Wildman–Crippen MR) is 97.6 cm³/mol. The van der Waals surface area contributed by atoms with Gasteiger partial charge >= 0.3 is 6.18 Å². The highest BCUT2D eigenvalue weighted by molar-refractivity contribution is 6.32. The molecule has 0 saturated heterocycles. The molecule has 0 aliphatic carbocycles. The molecule has 28 heavy (non-hydrogen) atoms. The number of pyridine rings is 1. The second-order valence-electron chi connectivity index (χ2n) is 5.68. The molecule has 1 amide bonds. The van der Waals surface area contributed by atoms with Crippen molar-refractivity contribution in [3.8, 4) is 5.69 Å². The summed E-state index contributed by atoms with van der Waals surface area (Å²) >= 11 is 6.27. The van der Waals surface area contributed by atoms with E-state index in [1.165, 1.54) is 47.6 Å². The molecule has 2 aromatic heterocycles. The van der Waals surface area contributed by atoms with Crippen molar-refractivity contribution in [1.29, 1.82) is 0 Å². The van der Waals surface area contributed by atoms with E-state index in [0.717, 1.165) is 12.1 Å². The molecule has 1 N–H and O–H groups in total. The highest BCUT2D eigenvalue weighted by Crippen LogP contribution is 2.31. The minimum absolute atomic E-state index is 0.0683. The van der Waals surface area contributed by atoms with Gasteiger partial charge in [-0.15, -0.1) is 0 Å². The van der Waals surface area contributed by atoms with Crippen LogP contribution in [0.2, 0.25) is 5.15 Å². The Balaban J connectivity index is 1.84. The Bertz CT molecular complexity index is 1030. The topological polar surface area (TPSA) is 72.2 Å². The van der Waals surface area contributed by atoms with E-state index in [1.54, 1.807) is 6.92 Å². The summed E-state index contributed by atoms with van der Waals surface area (Å²) < 4.78 is 39.9. The highest BCUT2D eigenvalue weighted by atomic mass is 35.5. The van der Waals surface area contributed by atoms with Crippen LogP contribution in [0.25, 0.3) is 5.69 Å². The Morgan fingerprint density at radius 3 is 2.64 bits per heavy atom. The molecule has 0 atom stereocenters. The molecule has 1 aromatic carbocycles. The predicted octanol–water partition coefficient (Wildman–Crippen LogP) is 4.01. The Hall–Kier alpha value is -3.20. The molecule has 0 fully saturated rings. The van der Waals surface area contributed by atoms with Gasteiger partial charge < -0.3 is 0 Å². The van der Waals surface area contributed by atoms with Gasteiger partial charge in [0.2, 0.25) is 0 Å². The number of aromatic nitrogens is 3. The van der Waals surface area contributed by atoms with Crippen LogP contribution in [-0.2, 0) is 6.18 Å². The van der Waals surface area contributed by atoms with E-state index in [-0.39, 0.29) is 10.8 Å². The average Bonchev–Trinajstić information content (AvgIpc) is 2.96. The van der Waals surface area contributed by atoms with Gasteiger partial charge in [-0.05, 0) is 37.3 Å². The highest BCUT2D eigenvalue weighted by Gasteiger charge is 2.30. The molecule has 0 aliphatic rings. The largest absolute Gasteiger partial charge is 0.416 e. The number of hydrazone groups is 1. The molecule has 0 bridgehead atoms. The van der Waals surface area contributed by atoms with Crippen LogP contribution in [0.1, 0.15) is 27.2 Å². The van der Waals surface area contributed by atoms with Crippen molar-refractivity contribution in [3.63, 3.8) is 0 Å². The third-order valence-electron chi connectivity index (χ3n) is 3.77. The van der Waals surface area contributed by atoms with Gasteiger partial charge in [-0.3, -0.25) is 9.78 Å². The summed E-state index contributed by atoms with van der Waals surface area (Å²) in [7, 11) is 0. The van der Waals surface area contributed by atoms with E-state index in [4.69, 9.17) is 11.6 Å². The normalized spacial score (nSPS) is 11.8. The Kier molecular flexibility index (Phi) is 5.46. The van der Waals surface area contributed by atoms with Crippen molar-refractivity contribution in [2.24, 2.45) is 5.10 Å². The van der Waals surface area contributed by atoms with Crippen molar-refractivity contribution in [1.82, 2.24) is 20.2 Å². The number of alkyl halides is 3. The molecule has 3 rings (SSSR count). The van der Waals surface area contributed by atoms with Crippen molar-refractivity contribution >= 4 is 23.7 Å². The molecule has 0 unspecified atom stereocenters. The van der Waals surface area contributed by atoms with Gasteiger partial charge in [0, 0.05) is 18.0 Å². The number of carbonyl (C=O) groups excluding carboxylic acids is 1. The smallest absolute Gasteiger partial charge is 0.267 e. The van der Waals surface area contributed by atoms with Gasteiger partial charge in [-0.2, -0.15) is 23.4 Å². The van der Waals surface area contributed by atoms with Gasteiger partial charge in [0.1, 0.15) is 5.15 Å². The summed E-state index contributed by atoms with van der Waals surface area (Å²) in [4.78, 5) is 15.8. The summed E-state index contributed by atoms with van der Waals surface area (Å²) in [6, 6.07) is 7.69. The zero-order chi connectivity index (χ0) is 20.3. The molecule has 0 spiro atoms. The van der Waals surface area contributed by atoms with Gasteiger partial charge in [0.05, 0.1) is 28.7 Å². The second-order valence-corrected chi connectivity index (χ2v) is 6.04. The first-order chi connectivity index (χ1) is 13.3. The number of nitrogens with zero attached hydrogens (tertiary/aromatic N) is 4. The van der Waals surface area contributed by atoms with Crippen molar-refractivity contribution < 1.29 is 18.0 Å². The van der Waals surface area contributed by atoms with E-state index in [9.17, 15) is 18.0 Å². The average molecular weight is 408 g/mol. The second kappa shape index (κ2) is 7.81. The van der Waals surface area contributed by atoms with Crippen LogP contribution in [0.3, 0.4) is 0 Å². The summed E-state index contributed by atoms with van der Waals surface area (Å²) in [5.41, 5.74) is 2.86. The van der Waals surface area contributed by atoms with E-state index in [0.29, 0.717) is 16.8 Å². The lowest BCUT2D eigenvalue weighted by Gasteiger charge is -2.09. The fourth-order valence-corrected chi connectivity index (χ4v) is 2.69. The van der Waals surface area contributed by atoms with E-state index >= 15 is 0 Å². The summed E-state index contributed by atoms with van der Waals surface area (Å²) in [6.45, 7) is 1.63. The van der Waals surface area contributed by atoms with Crippen LogP contribution in [0.15, 0.2) is 53.9 Å². The monoisotopic (exact) mass is 407 g/mol. The van der Waals surface area contributed by atoms with Crippen LogP contribution in [-0.4, -0.2) is 26.9 Å². The van der Waals surface area contributed by atoms with Crippen molar-refractivity contribution in [2.75, 3.05) is 0 Å². The Morgan fingerprint density at radius 1 is 1.25 bits per heavy atom.